The van der Waals surface area contributed by atoms with E-state index >= 15 is 0 Å². The van der Waals surface area contributed by atoms with Crippen LogP contribution in [0.3, 0.4) is 0 Å². The second kappa shape index (κ2) is 8.78. The van der Waals surface area contributed by atoms with Crippen molar-refractivity contribution in [1.29, 1.82) is 5.26 Å². The molecule has 0 saturated heterocycles. The molecule has 0 aliphatic rings. The predicted molar refractivity (Wildman–Crippen MR) is 28.7 cm³/mol. The minimum Gasteiger partial charge on any atom is -0.202 e. The van der Waals surface area contributed by atoms with Crippen LogP contribution in [0.25, 0.3) is 0 Å². The third-order valence-electron chi connectivity index (χ3n) is 0.178. The second-order valence-electron chi connectivity index (χ2n) is 0.984. The smallest absolute Gasteiger partial charge is 0.202 e. The molecule has 0 bridgehead atoms. The molecule has 0 aromatic rings. The van der Waals surface area contributed by atoms with Crippen LogP contribution in [0.2, 0.25) is 0 Å². The first-order valence-corrected chi connectivity index (χ1v) is 3.14. The number of thiol groups is 1. The van der Waals surface area contributed by atoms with Crippen LogP contribution in [-0.2, 0) is 31.7 Å². The van der Waals surface area contributed by atoms with E-state index in [4.69, 9.17) is 13.7 Å². The van der Waals surface area contributed by atoms with Gasteiger partial charge in [0, 0.05) is 23.4 Å². The summed E-state index contributed by atoms with van der Waals surface area (Å²) in [5.41, 5.74) is 0. The Hall–Kier alpha value is -0.316. The Morgan fingerprint density at radius 2 is 1.67 bits per heavy atom. The summed E-state index contributed by atoms with van der Waals surface area (Å²) in [5, 5.41) is 7.32. The fraction of sp³-hybridized carbons (Fsp3) is 0.667. The molecule has 0 radical (unpaired) electrons. The third-order valence-corrected chi connectivity index (χ3v) is 0.534. The molecule has 0 saturated carbocycles. The topological polar surface area (TPSA) is 67.2 Å². The number of alkyl halides is 3. The van der Waals surface area contributed by atoms with Gasteiger partial charge in [0.1, 0.15) is 0 Å². The van der Waals surface area contributed by atoms with Gasteiger partial charge in [-0.3, -0.25) is 0 Å². The van der Waals surface area contributed by atoms with Crippen molar-refractivity contribution in [2.75, 3.05) is 0 Å². The average Bonchev–Trinajstić information content (AvgIpc) is 1.57. The molecule has 0 N–H and O–H groups in total. The zero-order chi connectivity index (χ0) is 9.49. The molecule has 0 aromatic heterocycles. The van der Waals surface area contributed by atoms with Gasteiger partial charge in [-0.2, -0.15) is 9.44 Å². The van der Waals surface area contributed by atoms with Crippen LogP contribution in [0.4, 0.5) is 13.2 Å². The van der Waals surface area contributed by atoms with E-state index in [9.17, 15) is 13.2 Å². The summed E-state index contributed by atoms with van der Waals surface area (Å²) in [4.78, 5) is 0. The quantitative estimate of drug-likeness (QED) is 0.545. The molecule has 0 atom stereocenters. The summed E-state index contributed by atoms with van der Waals surface area (Å²) in [6.45, 7) is 1.43. The summed E-state index contributed by atoms with van der Waals surface area (Å²) >= 11 is 0. The van der Waals surface area contributed by atoms with E-state index in [2.05, 4.69) is 4.18 Å². The van der Waals surface area contributed by atoms with Gasteiger partial charge >= 0.3 is 6.36 Å². The number of hydrogen-bond acceptors (Lipinski definition) is 4. The fourth-order valence-corrected chi connectivity index (χ4v) is 0.254. The Bertz CT molecular complexity index is 200. The van der Waals surface area contributed by atoms with E-state index < -0.39 is 17.3 Å². The minimum absolute atomic E-state index is 0. The van der Waals surface area contributed by atoms with Crippen LogP contribution < -0.4 is 0 Å². The molecule has 0 fully saturated rings. The van der Waals surface area contributed by atoms with E-state index in [-0.39, 0.29) is 16.5 Å². The Morgan fingerprint density at radius 3 is 1.67 bits per heavy atom. The molecule has 9 heteroatoms. The standard InChI is InChI=1S/C2H3N.CHF3O3S.Ni/c1-2-3;2-1(3,4)7-8(5)6;/h1H3;8H;. The van der Waals surface area contributed by atoms with Crippen LogP contribution in [0.15, 0.2) is 0 Å². The molecule has 0 unspecified atom stereocenters. The first-order valence-electron chi connectivity index (χ1n) is 2.04. The maximum atomic E-state index is 10.7. The predicted octanol–water partition coefficient (Wildman–Crippen LogP) is 0.577. The van der Waals surface area contributed by atoms with Crippen molar-refractivity contribution in [2.45, 2.75) is 13.3 Å². The molecule has 0 aromatic carbocycles. The van der Waals surface area contributed by atoms with Gasteiger partial charge in [-0.25, -0.2) is 8.42 Å². The molecule has 4 nitrogen and oxygen atoms in total. The number of nitriles is 1. The van der Waals surface area contributed by atoms with Crippen LogP contribution in [0.5, 0.6) is 0 Å². The molecule has 76 valence electrons. The van der Waals surface area contributed by atoms with Gasteiger partial charge in [0.25, 0.3) is 11.0 Å². The molecule has 0 rings (SSSR count). The van der Waals surface area contributed by atoms with Crippen LogP contribution in [0, 0.1) is 11.3 Å². The number of hydrogen-bond donors (Lipinski definition) is 1. The molecule has 0 amide bonds. The Morgan fingerprint density at radius 1 is 1.42 bits per heavy atom. The van der Waals surface area contributed by atoms with Crippen LogP contribution >= 0.6 is 0 Å². The van der Waals surface area contributed by atoms with Gasteiger partial charge in [0.2, 0.25) is 0 Å². The summed E-state index contributed by atoms with van der Waals surface area (Å²) < 4.78 is 52.7. The van der Waals surface area contributed by atoms with E-state index in [1.165, 1.54) is 6.92 Å². The summed E-state index contributed by atoms with van der Waals surface area (Å²) in [6.07, 6.45) is -5.07. The van der Waals surface area contributed by atoms with E-state index in [1.807, 2.05) is 0 Å². The van der Waals surface area contributed by atoms with Crippen molar-refractivity contribution in [3.63, 3.8) is 0 Å². The fourth-order valence-electron chi connectivity index (χ4n) is 0.0845. The molecule has 0 aliphatic heterocycles. The summed E-state index contributed by atoms with van der Waals surface area (Å²) in [6, 6.07) is 1.75. The van der Waals surface area contributed by atoms with Crippen LogP contribution in [-0.4, -0.2) is 14.8 Å². The van der Waals surface area contributed by atoms with Crippen molar-refractivity contribution in [1.82, 2.24) is 0 Å². The Balaban J connectivity index is -0.000000177. The van der Waals surface area contributed by atoms with Gasteiger partial charge in [0.05, 0.1) is 6.07 Å². The van der Waals surface area contributed by atoms with E-state index in [0.717, 1.165) is 0 Å². The molecular weight excluding hydrogens is 246 g/mol. The summed E-state index contributed by atoms with van der Waals surface area (Å²) in [5.74, 6) is 0. The maximum Gasteiger partial charge on any atom is 0.537 e. The van der Waals surface area contributed by atoms with Gasteiger partial charge < -0.3 is 0 Å². The van der Waals surface area contributed by atoms with E-state index in [1.54, 1.807) is 6.07 Å². The zero-order valence-corrected chi connectivity index (χ0v) is 7.45. The second-order valence-corrected chi connectivity index (χ2v) is 1.61. The van der Waals surface area contributed by atoms with Crippen molar-refractivity contribution in [2.24, 2.45) is 0 Å². The Kier molecular flexibility index (Phi) is 12.9. The summed E-state index contributed by atoms with van der Waals surface area (Å²) in [7, 11) is -3.81. The van der Waals surface area contributed by atoms with Gasteiger partial charge in [0.15, 0.2) is 0 Å². The normalized spacial score (nSPS) is 9.00. The maximum absolute atomic E-state index is 10.7. The number of rotatable bonds is 1. The molecule has 0 spiro atoms. The number of nitrogens with zero attached hydrogens (tertiary/aromatic N) is 1. The van der Waals surface area contributed by atoms with Crippen molar-refractivity contribution in [3.05, 3.63) is 0 Å². The van der Waals surface area contributed by atoms with Crippen molar-refractivity contribution < 1.29 is 42.3 Å². The van der Waals surface area contributed by atoms with Crippen LogP contribution in [0.1, 0.15) is 6.92 Å². The van der Waals surface area contributed by atoms with Crippen molar-refractivity contribution in [3.8, 4) is 6.07 Å². The van der Waals surface area contributed by atoms with Gasteiger partial charge in [-0.15, -0.1) is 13.2 Å². The third kappa shape index (κ3) is 33.3. The van der Waals surface area contributed by atoms with Gasteiger partial charge in [-0.1, -0.05) is 0 Å². The largest absolute Gasteiger partial charge is 0.537 e. The average molecular weight is 250 g/mol. The monoisotopic (exact) mass is 249 g/mol. The molecule has 0 heterocycles. The zero-order valence-electron chi connectivity index (χ0n) is 5.57. The van der Waals surface area contributed by atoms with E-state index in [0.29, 0.717) is 0 Å². The first kappa shape index (κ1) is 17.7. The molecular formula is C3H4F3NNiO3S. The Labute approximate surface area is 78.4 Å². The first-order chi connectivity index (χ1) is 4.83. The number of halogens is 3. The molecule has 12 heavy (non-hydrogen) atoms. The molecule has 0 aliphatic carbocycles. The van der Waals surface area contributed by atoms with Crippen molar-refractivity contribution >= 4 is 11.0 Å². The minimum atomic E-state index is -5.07. The SMILES string of the molecule is CC#N.O=[SH](=O)OC(F)(F)F.[Ni]. The van der Waals surface area contributed by atoms with Gasteiger partial charge in [-0.05, 0) is 0 Å².